The maximum Gasteiger partial charge on any atom is 0.268 e. The van der Waals surface area contributed by atoms with Crippen LogP contribution in [0.2, 0.25) is 0 Å². The van der Waals surface area contributed by atoms with Gasteiger partial charge in [-0.05, 0) is 25.0 Å². The third-order valence-electron chi connectivity index (χ3n) is 1.81. The van der Waals surface area contributed by atoms with E-state index < -0.39 is 17.9 Å². The van der Waals surface area contributed by atoms with Crippen molar-refractivity contribution in [2.45, 2.75) is 20.3 Å². The number of rotatable bonds is 1. The average Bonchev–Trinajstić information content (AvgIpc) is 1.97. The fourth-order valence-corrected chi connectivity index (χ4v) is 0.941. The van der Waals surface area contributed by atoms with Crippen molar-refractivity contribution in [1.29, 1.82) is 0 Å². The summed E-state index contributed by atoms with van der Waals surface area (Å²) in [7, 11) is 0. The van der Waals surface area contributed by atoms with Crippen LogP contribution in [0, 0.1) is 19.8 Å². The second-order valence-corrected chi connectivity index (χ2v) is 2.57. The van der Waals surface area contributed by atoms with E-state index in [-0.39, 0.29) is 5.56 Å². The van der Waals surface area contributed by atoms with E-state index in [4.69, 9.17) is 0 Å². The number of nitrogens with zero attached hydrogens (tertiary/aromatic N) is 1. The Kier molecular flexibility index (Phi) is 2.35. The third-order valence-corrected chi connectivity index (χ3v) is 1.81. The highest BCUT2D eigenvalue weighted by atomic mass is 19.3. The zero-order chi connectivity index (χ0) is 9.30. The number of halogens is 3. The van der Waals surface area contributed by atoms with E-state index in [0.717, 1.165) is 0 Å². The molecule has 0 fully saturated rings. The van der Waals surface area contributed by atoms with E-state index in [2.05, 4.69) is 4.98 Å². The molecule has 1 nitrogen and oxygen atoms in total. The van der Waals surface area contributed by atoms with Gasteiger partial charge < -0.3 is 0 Å². The molecule has 4 heteroatoms. The summed E-state index contributed by atoms with van der Waals surface area (Å²) < 4.78 is 37.1. The number of hydrogen-bond acceptors (Lipinski definition) is 1. The molecule has 0 radical (unpaired) electrons. The standard InChI is InChI=1S/C8H8F3N/c1-4-3-12-8(11)6(5(4)2)7(9)10/h3,7H,1-2H3. The summed E-state index contributed by atoms with van der Waals surface area (Å²) in [6, 6.07) is 0. The molecule has 1 heterocycles. The van der Waals surface area contributed by atoms with Gasteiger partial charge in [-0.3, -0.25) is 0 Å². The van der Waals surface area contributed by atoms with Crippen LogP contribution in [0.3, 0.4) is 0 Å². The van der Waals surface area contributed by atoms with Crippen molar-refractivity contribution >= 4 is 0 Å². The molecule has 66 valence electrons. The molecule has 0 spiro atoms. The topological polar surface area (TPSA) is 12.9 Å². The predicted molar refractivity (Wildman–Crippen MR) is 38.6 cm³/mol. The Labute approximate surface area is 68.2 Å². The van der Waals surface area contributed by atoms with Crippen molar-refractivity contribution < 1.29 is 13.2 Å². The van der Waals surface area contributed by atoms with Crippen molar-refractivity contribution in [3.8, 4) is 0 Å². The first-order valence-electron chi connectivity index (χ1n) is 3.43. The summed E-state index contributed by atoms with van der Waals surface area (Å²) >= 11 is 0. The molecule has 1 aromatic rings. The van der Waals surface area contributed by atoms with Gasteiger partial charge in [0.05, 0.1) is 5.56 Å². The molecular formula is C8H8F3N. The number of aromatic nitrogens is 1. The third kappa shape index (κ3) is 1.42. The lowest BCUT2D eigenvalue weighted by Crippen LogP contribution is -2.00. The maximum absolute atomic E-state index is 12.7. The second kappa shape index (κ2) is 3.13. The molecule has 0 bridgehead atoms. The van der Waals surface area contributed by atoms with Crippen LogP contribution in [0.4, 0.5) is 13.2 Å². The van der Waals surface area contributed by atoms with Gasteiger partial charge in [-0.25, -0.2) is 13.8 Å². The Morgan fingerprint density at radius 3 is 2.33 bits per heavy atom. The Morgan fingerprint density at radius 2 is 1.92 bits per heavy atom. The van der Waals surface area contributed by atoms with Crippen LogP contribution in [0.5, 0.6) is 0 Å². The Bertz CT molecular complexity index is 297. The number of alkyl halides is 2. The molecule has 0 atom stereocenters. The highest BCUT2D eigenvalue weighted by Crippen LogP contribution is 2.25. The van der Waals surface area contributed by atoms with Crippen LogP contribution in [0.15, 0.2) is 6.20 Å². The van der Waals surface area contributed by atoms with Crippen LogP contribution < -0.4 is 0 Å². The zero-order valence-corrected chi connectivity index (χ0v) is 6.74. The summed E-state index contributed by atoms with van der Waals surface area (Å²) in [4.78, 5) is 3.21. The quantitative estimate of drug-likeness (QED) is 0.598. The molecule has 0 saturated carbocycles. The van der Waals surface area contributed by atoms with Crippen LogP contribution >= 0.6 is 0 Å². The summed E-state index contributed by atoms with van der Waals surface area (Å²) in [6.07, 6.45) is -1.55. The van der Waals surface area contributed by atoms with E-state index in [0.29, 0.717) is 5.56 Å². The van der Waals surface area contributed by atoms with Crippen LogP contribution in [0.1, 0.15) is 23.1 Å². The van der Waals surface area contributed by atoms with Crippen LogP contribution in [0.25, 0.3) is 0 Å². The molecule has 0 saturated heterocycles. The van der Waals surface area contributed by atoms with Gasteiger partial charge in [-0.1, -0.05) is 0 Å². The minimum atomic E-state index is -2.79. The molecule has 1 aromatic heterocycles. The lowest BCUT2D eigenvalue weighted by molar-refractivity contribution is 0.144. The lowest BCUT2D eigenvalue weighted by Gasteiger charge is -2.07. The molecule has 0 aliphatic carbocycles. The molecule has 0 aromatic carbocycles. The summed E-state index contributed by atoms with van der Waals surface area (Å²) in [5, 5.41) is 0. The Hall–Kier alpha value is -1.06. The normalized spacial score (nSPS) is 10.8. The molecule has 0 aliphatic heterocycles. The van der Waals surface area contributed by atoms with Gasteiger partial charge in [0, 0.05) is 6.20 Å². The van der Waals surface area contributed by atoms with Crippen molar-refractivity contribution in [3.63, 3.8) is 0 Å². The smallest absolute Gasteiger partial charge is 0.228 e. The molecule has 0 N–H and O–H groups in total. The van der Waals surface area contributed by atoms with E-state index in [1.807, 2.05) is 0 Å². The van der Waals surface area contributed by atoms with Crippen LogP contribution in [-0.2, 0) is 0 Å². The van der Waals surface area contributed by atoms with Crippen molar-refractivity contribution in [3.05, 3.63) is 28.8 Å². The largest absolute Gasteiger partial charge is 0.268 e. The first-order valence-corrected chi connectivity index (χ1v) is 3.43. The minimum absolute atomic E-state index is 0.275. The lowest BCUT2D eigenvalue weighted by atomic mass is 10.1. The van der Waals surface area contributed by atoms with E-state index in [9.17, 15) is 13.2 Å². The fraction of sp³-hybridized carbons (Fsp3) is 0.375. The first-order chi connectivity index (χ1) is 5.54. The number of hydrogen-bond donors (Lipinski definition) is 0. The second-order valence-electron chi connectivity index (χ2n) is 2.57. The summed E-state index contributed by atoms with van der Waals surface area (Å²) in [5.74, 6) is -1.08. The van der Waals surface area contributed by atoms with Crippen LogP contribution in [-0.4, -0.2) is 4.98 Å². The van der Waals surface area contributed by atoms with Crippen molar-refractivity contribution in [1.82, 2.24) is 4.98 Å². The van der Waals surface area contributed by atoms with E-state index >= 15 is 0 Å². The molecule has 1 rings (SSSR count). The number of pyridine rings is 1. The van der Waals surface area contributed by atoms with Crippen molar-refractivity contribution in [2.75, 3.05) is 0 Å². The van der Waals surface area contributed by atoms with Gasteiger partial charge in [0.25, 0.3) is 6.43 Å². The molecule has 0 aliphatic rings. The first kappa shape index (κ1) is 9.03. The summed E-state index contributed by atoms with van der Waals surface area (Å²) in [6.45, 7) is 3.08. The van der Waals surface area contributed by atoms with Gasteiger partial charge >= 0.3 is 0 Å². The molecule has 0 amide bonds. The van der Waals surface area contributed by atoms with Gasteiger partial charge in [-0.2, -0.15) is 4.39 Å². The highest BCUT2D eigenvalue weighted by Gasteiger charge is 2.18. The zero-order valence-electron chi connectivity index (χ0n) is 6.74. The predicted octanol–water partition coefficient (Wildman–Crippen LogP) is 2.78. The monoisotopic (exact) mass is 175 g/mol. The summed E-state index contributed by atoms with van der Waals surface area (Å²) in [5.41, 5.74) is 0.263. The SMILES string of the molecule is Cc1cnc(F)c(C(F)F)c1C. The molecule has 0 unspecified atom stereocenters. The van der Waals surface area contributed by atoms with Crippen molar-refractivity contribution in [2.24, 2.45) is 0 Å². The van der Waals surface area contributed by atoms with Gasteiger partial charge in [0.1, 0.15) is 0 Å². The maximum atomic E-state index is 12.7. The average molecular weight is 175 g/mol. The number of aryl methyl sites for hydroxylation is 1. The minimum Gasteiger partial charge on any atom is -0.228 e. The highest BCUT2D eigenvalue weighted by molar-refractivity contribution is 5.31. The Balaban J connectivity index is 3.33. The Morgan fingerprint density at radius 1 is 1.33 bits per heavy atom. The van der Waals surface area contributed by atoms with E-state index in [1.54, 1.807) is 6.92 Å². The molecular weight excluding hydrogens is 167 g/mol. The van der Waals surface area contributed by atoms with Gasteiger partial charge in [-0.15, -0.1) is 0 Å². The fourth-order valence-electron chi connectivity index (χ4n) is 0.941. The van der Waals surface area contributed by atoms with Gasteiger partial charge in [0.2, 0.25) is 5.95 Å². The molecule has 12 heavy (non-hydrogen) atoms. The van der Waals surface area contributed by atoms with E-state index in [1.165, 1.54) is 13.1 Å². The van der Waals surface area contributed by atoms with Gasteiger partial charge in [0.15, 0.2) is 0 Å².